The number of aliphatic hydroxyl groups is 3. The van der Waals surface area contributed by atoms with Crippen molar-refractivity contribution >= 4 is 5.78 Å². The molecule has 4 aliphatic rings. The van der Waals surface area contributed by atoms with Crippen LogP contribution in [0.25, 0.3) is 0 Å². The van der Waals surface area contributed by atoms with Crippen LogP contribution in [-0.2, 0) is 11.0 Å². The third-order valence-corrected chi connectivity index (χ3v) is 9.20. The molecule has 1 unspecified atom stereocenters. The lowest BCUT2D eigenvalue weighted by molar-refractivity contribution is -0.186. The Morgan fingerprint density at radius 1 is 1.26 bits per heavy atom. The summed E-state index contributed by atoms with van der Waals surface area (Å²) >= 11 is 0. The second-order valence-corrected chi connectivity index (χ2v) is 11.2. The Balaban J connectivity index is 1.61. The van der Waals surface area contributed by atoms with E-state index in [0.29, 0.717) is 18.2 Å². The number of pyridine rings is 1. The topological polar surface area (TPSA) is 99.9 Å². The molecule has 0 amide bonds. The molecular formula is C26H30F3NO5. The normalized spacial score (nSPS) is 41.7. The largest absolute Gasteiger partial charge is 0.467 e. The maximum Gasteiger partial charge on any atom is 0.417 e. The van der Waals surface area contributed by atoms with E-state index in [1.54, 1.807) is 19.1 Å². The number of ketones is 1. The number of hydrogen-bond donors (Lipinski definition) is 3. The molecular weight excluding hydrogens is 463 g/mol. The number of rotatable bonds is 3. The van der Waals surface area contributed by atoms with Gasteiger partial charge in [0.15, 0.2) is 17.5 Å². The average Bonchev–Trinajstić information content (AvgIpc) is 3.27. The van der Waals surface area contributed by atoms with Crippen molar-refractivity contribution in [2.75, 3.05) is 6.61 Å². The Labute approximate surface area is 201 Å². The molecule has 1 spiro atoms. The van der Waals surface area contributed by atoms with Crippen LogP contribution < -0.4 is 4.74 Å². The zero-order valence-corrected chi connectivity index (χ0v) is 20.0. The van der Waals surface area contributed by atoms with Gasteiger partial charge in [0.1, 0.15) is 6.10 Å². The van der Waals surface area contributed by atoms with E-state index < -0.39 is 47.5 Å². The van der Waals surface area contributed by atoms with Crippen LogP contribution in [0.15, 0.2) is 41.6 Å². The maximum atomic E-state index is 14.3. The summed E-state index contributed by atoms with van der Waals surface area (Å²) in [5.74, 6) is -1.08. The summed E-state index contributed by atoms with van der Waals surface area (Å²) in [5, 5.41) is 33.9. The quantitative estimate of drug-likeness (QED) is 0.559. The van der Waals surface area contributed by atoms with Gasteiger partial charge in [0.25, 0.3) is 0 Å². The Bertz CT molecular complexity index is 1130. The maximum absolute atomic E-state index is 14.3. The number of fused-ring (bicyclic) bond motifs is 3. The van der Waals surface area contributed by atoms with E-state index in [2.05, 4.69) is 18.8 Å². The molecule has 5 rings (SSSR count). The summed E-state index contributed by atoms with van der Waals surface area (Å²) in [5.41, 5.74) is -4.09. The summed E-state index contributed by atoms with van der Waals surface area (Å²) < 4.78 is 44.8. The first kappa shape index (κ1) is 24.5. The van der Waals surface area contributed by atoms with Gasteiger partial charge in [0, 0.05) is 18.2 Å². The van der Waals surface area contributed by atoms with Gasteiger partial charge >= 0.3 is 6.18 Å². The molecule has 2 bridgehead atoms. The molecule has 4 aliphatic carbocycles. The van der Waals surface area contributed by atoms with Crippen molar-refractivity contribution in [2.24, 2.45) is 34.5 Å². The van der Waals surface area contributed by atoms with Crippen LogP contribution in [0.5, 0.6) is 5.88 Å². The van der Waals surface area contributed by atoms with Crippen LogP contribution >= 0.6 is 0 Å². The first-order chi connectivity index (χ1) is 16.2. The van der Waals surface area contributed by atoms with E-state index in [1.807, 2.05) is 6.92 Å². The van der Waals surface area contributed by atoms with Crippen molar-refractivity contribution in [1.82, 2.24) is 4.98 Å². The lowest BCUT2D eigenvalue weighted by Crippen LogP contribution is -2.66. The second-order valence-electron chi connectivity index (χ2n) is 11.2. The number of allylic oxidation sites excluding steroid dienone is 1. The molecule has 9 heteroatoms. The highest BCUT2D eigenvalue weighted by Crippen LogP contribution is 2.71. The molecule has 0 aromatic carbocycles. The highest BCUT2D eigenvalue weighted by Gasteiger charge is 2.76. The van der Waals surface area contributed by atoms with Crippen molar-refractivity contribution in [1.29, 1.82) is 0 Å². The molecule has 8 atom stereocenters. The van der Waals surface area contributed by atoms with Crippen molar-refractivity contribution in [2.45, 2.75) is 58.1 Å². The molecule has 6 nitrogen and oxygen atoms in total. The number of carbonyl (C=O) groups excluding carboxylic acids is 1. The van der Waals surface area contributed by atoms with Gasteiger partial charge in [-0.3, -0.25) is 4.79 Å². The molecule has 35 heavy (non-hydrogen) atoms. The van der Waals surface area contributed by atoms with Crippen molar-refractivity contribution in [3.63, 3.8) is 0 Å². The van der Waals surface area contributed by atoms with Crippen molar-refractivity contribution in [3.8, 4) is 5.88 Å². The first-order valence-electron chi connectivity index (χ1n) is 11.9. The molecule has 3 N–H and O–H groups in total. The van der Waals surface area contributed by atoms with Crippen LogP contribution in [0, 0.1) is 34.5 Å². The molecule has 1 aromatic heterocycles. The lowest BCUT2D eigenvalue weighted by Gasteiger charge is -2.48. The highest BCUT2D eigenvalue weighted by atomic mass is 19.4. The van der Waals surface area contributed by atoms with E-state index in [-0.39, 0.29) is 40.4 Å². The minimum absolute atomic E-state index is 0.0261. The molecule has 2 saturated carbocycles. The van der Waals surface area contributed by atoms with Crippen LogP contribution in [0.4, 0.5) is 13.2 Å². The second kappa shape index (κ2) is 7.40. The number of Topliss-reactive ketones (excluding diaryl/α,β-unsaturated/α-hetero) is 1. The average molecular weight is 494 g/mol. The monoisotopic (exact) mass is 493 g/mol. The molecule has 1 heterocycles. The lowest BCUT2D eigenvalue weighted by atomic mass is 9.59. The van der Waals surface area contributed by atoms with Gasteiger partial charge in [-0.25, -0.2) is 4.98 Å². The number of halogens is 3. The fraction of sp³-hybridized carbons (Fsp3) is 0.615. The standard InChI is InChI=1S/C26H30F3NO5/c1-12-9-24-13(2)7-17-19(23(17,3)4)16(21(24)33)8-14(11-31)20(32)25(24,34)22(12)35-18-6-5-15(10-30-18)26(27,28)29/h5-6,8-10,13,16-17,19-20,22,31-32,34H,7,11H2,1-4H3/t13-,16+,17-,19+,20-,22+,24?,25+/m1/s1. The van der Waals surface area contributed by atoms with Crippen LogP contribution in [0.2, 0.25) is 0 Å². The number of carbonyl (C=O) groups is 1. The molecule has 0 saturated heterocycles. The van der Waals surface area contributed by atoms with E-state index in [4.69, 9.17) is 4.74 Å². The van der Waals surface area contributed by atoms with Gasteiger partial charge in [-0.1, -0.05) is 32.9 Å². The molecule has 0 radical (unpaired) electrons. The van der Waals surface area contributed by atoms with E-state index in [9.17, 15) is 33.3 Å². The molecule has 0 aliphatic heterocycles. The van der Waals surface area contributed by atoms with Crippen LogP contribution in [-0.4, -0.2) is 50.5 Å². The van der Waals surface area contributed by atoms with Crippen LogP contribution in [0.1, 0.15) is 39.7 Å². The number of alkyl halides is 3. The summed E-state index contributed by atoms with van der Waals surface area (Å²) in [6, 6.07) is 1.87. The number of ether oxygens (including phenoxy) is 1. The Hall–Kier alpha value is -2.23. The van der Waals surface area contributed by atoms with E-state index >= 15 is 0 Å². The van der Waals surface area contributed by atoms with Crippen molar-refractivity contribution in [3.05, 3.63) is 47.2 Å². The summed E-state index contributed by atoms with van der Waals surface area (Å²) in [4.78, 5) is 18.0. The van der Waals surface area contributed by atoms with Gasteiger partial charge < -0.3 is 20.1 Å². The highest BCUT2D eigenvalue weighted by molar-refractivity contribution is 5.95. The Kier molecular flexibility index (Phi) is 5.17. The molecule has 190 valence electrons. The van der Waals surface area contributed by atoms with Crippen LogP contribution in [0.3, 0.4) is 0 Å². The number of hydrogen-bond acceptors (Lipinski definition) is 6. The van der Waals surface area contributed by atoms with Gasteiger partial charge in [-0.2, -0.15) is 13.2 Å². The molecule has 1 aromatic rings. The fourth-order valence-electron chi connectivity index (χ4n) is 7.33. The first-order valence-corrected chi connectivity index (χ1v) is 11.9. The van der Waals surface area contributed by atoms with E-state index in [1.165, 1.54) is 0 Å². The number of aromatic nitrogens is 1. The number of aliphatic hydroxyl groups excluding tert-OH is 2. The summed E-state index contributed by atoms with van der Waals surface area (Å²) in [6.45, 7) is 7.21. The predicted molar refractivity (Wildman–Crippen MR) is 119 cm³/mol. The van der Waals surface area contributed by atoms with Gasteiger partial charge in [-0.15, -0.1) is 0 Å². The van der Waals surface area contributed by atoms with Gasteiger partial charge in [0.2, 0.25) is 5.88 Å². The third kappa shape index (κ3) is 3.07. The molecule has 2 fully saturated rings. The minimum atomic E-state index is -4.57. The summed E-state index contributed by atoms with van der Waals surface area (Å²) in [7, 11) is 0. The van der Waals surface area contributed by atoms with Gasteiger partial charge in [-0.05, 0) is 53.7 Å². The zero-order valence-electron chi connectivity index (χ0n) is 20.0. The summed E-state index contributed by atoms with van der Waals surface area (Å²) in [6.07, 6.45) is -2.87. The van der Waals surface area contributed by atoms with Gasteiger partial charge in [0.05, 0.1) is 17.6 Å². The predicted octanol–water partition coefficient (Wildman–Crippen LogP) is 3.32. The number of nitrogens with zero attached hydrogens (tertiary/aromatic N) is 1. The zero-order chi connectivity index (χ0) is 25.7. The Morgan fingerprint density at radius 3 is 2.51 bits per heavy atom. The fourth-order valence-corrected chi connectivity index (χ4v) is 7.33. The van der Waals surface area contributed by atoms with Crippen molar-refractivity contribution < 1.29 is 38.0 Å². The van der Waals surface area contributed by atoms with E-state index in [0.717, 1.165) is 12.1 Å². The third-order valence-electron chi connectivity index (χ3n) is 9.20. The smallest absolute Gasteiger partial charge is 0.417 e. The Morgan fingerprint density at radius 2 is 1.94 bits per heavy atom. The SMILES string of the molecule is CC1=CC23C(=O)[C@@H](C=C(CO)[C@@H](O)[C@]2(O)[C@H]1Oc1ccc(C(F)(F)F)cn1)[C@H]1[C@@H](C[C@H]3C)C1(C)C. The minimum Gasteiger partial charge on any atom is -0.467 e.